The first kappa shape index (κ1) is 13.9. The highest BCUT2D eigenvalue weighted by molar-refractivity contribution is 5.97. The van der Waals surface area contributed by atoms with Crippen LogP contribution in [0.1, 0.15) is 46.5 Å². The number of hydrogen-bond donors (Lipinski definition) is 1. The van der Waals surface area contributed by atoms with Crippen LogP contribution in [0.5, 0.6) is 0 Å². The van der Waals surface area contributed by atoms with Crippen molar-refractivity contribution in [3.63, 3.8) is 0 Å². The highest BCUT2D eigenvalue weighted by atomic mass is 16.5. The Morgan fingerprint density at radius 2 is 2.00 bits per heavy atom. The van der Waals surface area contributed by atoms with Crippen LogP contribution < -0.4 is 5.32 Å². The fraction of sp³-hybridized carbons (Fsp3) is 0.867. The molecule has 1 saturated carbocycles. The van der Waals surface area contributed by atoms with Gasteiger partial charge in [-0.05, 0) is 52.4 Å². The molecule has 20 heavy (non-hydrogen) atoms. The Balaban J connectivity index is 1.69. The van der Waals surface area contributed by atoms with E-state index in [1.54, 1.807) is 11.8 Å². The Kier molecular flexibility index (Phi) is 3.27. The standard InChI is InChI=1S/C15H24N2O3/c1-9-13(18)16-12(10-4-5-10)14(19)17(9)8-11-6-7-15(2,3)20-11/h9-12H,4-8H2,1-3H3,(H,16,18). The largest absolute Gasteiger partial charge is 0.371 e. The first-order chi connectivity index (χ1) is 9.37. The molecular formula is C15H24N2O3. The summed E-state index contributed by atoms with van der Waals surface area (Å²) in [6, 6.07) is -0.682. The van der Waals surface area contributed by atoms with E-state index in [1.807, 2.05) is 0 Å². The third-order valence-electron chi connectivity index (χ3n) is 4.74. The summed E-state index contributed by atoms with van der Waals surface area (Å²) in [5.41, 5.74) is -0.106. The molecule has 0 aromatic rings. The van der Waals surface area contributed by atoms with Crippen molar-refractivity contribution in [2.45, 2.75) is 70.2 Å². The monoisotopic (exact) mass is 280 g/mol. The zero-order valence-electron chi connectivity index (χ0n) is 12.5. The van der Waals surface area contributed by atoms with Crippen molar-refractivity contribution in [1.29, 1.82) is 0 Å². The lowest BCUT2D eigenvalue weighted by molar-refractivity contribution is -0.151. The highest BCUT2D eigenvalue weighted by Crippen LogP contribution is 2.36. The Morgan fingerprint density at radius 3 is 2.55 bits per heavy atom. The van der Waals surface area contributed by atoms with Gasteiger partial charge in [-0.25, -0.2) is 0 Å². The molecule has 3 atom stereocenters. The van der Waals surface area contributed by atoms with Gasteiger partial charge in [-0.2, -0.15) is 0 Å². The Bertz CT molecular complexity index is 431. The van der Waals surface area contributed by atoms with E-state index in [-0.39, 0.29) is 35.6 Å². The molecule has 3 unspecified atom stereocenters. The summed E-state index contributed by atoms with van der Waals surface area (Å²) in [7, 11) is 0. The molecule has 0 spiro atoms. The summed E-state index contributed by atoms with van der Waals surface area (Å²) < 4.78 is 5.97. The minimum absolute atomic E-state index is 0.0289. The summed E-state index contributed by atoms with van der Waals surface area (Å²) in [5, 5.41) is 2.88. The number of hydrogen-bond acceptors (Lipinski definition) is 3. The zero-order chi connectivity index (χ0) is 14.5. The van der Waals surface area contributed by atoms with Gasteiger partial charge in [-0.15, -0.1) is 0 Å². The van der Waals surface area contributed by atoms with Crippen molar-refractivity contribution in [2.75, 3.05) is 6.54 Å². The van der Waals surface area contributed by atoms with Gasteiger partial charge in [0.2, 0.25) is 11.8 Å². The second-order valence-electron chi connectivity index (χ2n) is 7.03. The van der Waals surface area contributed by atoms with Gasteiger partial charge < -0.3 is 15.0 Å². The molecule has 5 nitrogen and oxygen atoms in total. The summed E-state index contributed by atoms with van der Waals surface area (Å²) in [6.07, 6.45) is 4.12. The van der Waals surface area contributed by atoms with Gasteiger partial charge in [-0.3, -0.25) is 9.59 Å². The van der Waals surface area contributed by atoms with E-state index in [2.05, 4.69) is 19.2 Å². The molecule has 3 fully saturated rings. The second kappa shape index (κ2) is 4.72. The average molecular weight is 280 g/mol. The van der Waals surface area contributed by atoms with Gasteiger partial charge in [0.25, 0.3) is 0 Å². The van der Waals surface area contributed by atoms with E-state index in [1.165, 1.54) is 0 Å². The summed E-state index contributed by atoms with van der Waals surface area (Å²) >= 11 is 0. The van der Waals surface area contributed by atoms with Crippen LogP contribution in [0.15, 0.2) is 0 Å². The number of carbonyl (C=O) groups excluding carboxylic acids is 2. The van der Waals surface area contributed by atoms with Crippen LogP contribution in [0.4, 0.5) is 0 Å². The van der Waals surface area contributed by atoms with Gasteiger partial charge in [0, 0.05) is 6.54 Å². The first-order valence-corrected chi connectivity index (χ1v) is 7.66. The maximum Gasteiger partial charge on any atom is 0.246 e. The van der Waals surface area contributed by atoms with E-state index in [9.17, 15) is 9.59 Å². The van der Waals surface area contributed by atoms with Gasteiger partial charge in [0.1, 0.15) is 12.1 Å². The average Bonchev–Trinajstić information content (AvgIpc) is 3.15. The molecule has 0 bridgehead atoms. The van der Waals surface area contributed by atoms with Crippen LogP contribution >= 0.6 is 0 Å². The number of nitrogens with one attached hydrogen (secondary N) is 1. The molecular weight excluding hydrogens is 256 g/mol. The number of carbonyl (C=O) groups is 2. The molecule has 5 heteroatoms. The molecule has 0 radical (unpaired) electrons. The molecule has 2 aliphatic heterocycles. The van der Waals surface area contributed by atoms with Gasteiger partial charge >= 0.3 is 0 Å². The van der Waals surface area contributed by atoms with Crippen LogP contribution in [-0.4, -0.2) is 47.0 Å². The molecule has 0 aromatic heterocycles. The first-order valence-electron chi connectivity index (χ1n) is 7.66. The third-order valence-corrected chi connectivity index (χ3v) is 4.74. The lowest BCUT2D eigenvalue weighted by Crippen LogP contribution is -2.64. The van der Waals surface area contributed by atoms with Crippen LogP contribution in [0.3, 0.4) is 0 Å². The van der Waals surface area contributed by atoms with Crippen molar-refractivity contribution in [2.24, 2.45) is 5.92 Å². The molecule has 112 valence electrons. The SMILES string of the molecule is CC1C(=O)NC(C2CC2)C(=O)N1CC1CCC(C)(C)O1. The number of nitrogens with zero attached hydrogens (tertiary/aromatic N) is 1. The predicted molar refractivity (Wildman–Crippen MR) is 74.0 cm³/mol. The third kappa shape index (κ3) is 2.55. The molecule has 2 heterocycles. The van der Waals surface area contributed by atoms with Gasteiger partial charge in [-0.1, -0.05) is 0 Å². The summed E-state index contributed by atoms with van der Waals surface area (Å²) in [6.45, 7) is 6.50. The van der Waals surface area contributed by atoms with E-state index in [4.69, 9.17) is 4.74 Å². The number of ether oxygens (including phenoxy) is 1. The Morgan fingerprint density at radius 1 is 1.30 bits per heavy atom. The Hall–Kier alpha value is -1.10. The van der Waals surface area contributed by atoms with Crippen molar-refractivity contribution < 1.29 is 14.3 Å². The van der Waals surface area contributed by atoms with Crippen LogP contribution in [0, 0.1) is 5.92 Å². The molecule has 1 N–H and O–H groups in total. The molecule has 1 aliphatic carbocycles. The fourth-order valence-electron chi connectivity index (χ4n) is 3.27. The Labute approximate surface area is 120 Å². The lowest BCUT2D eigenvalue weighted by Gasteiger charge is -2.38. The quantitative estimate of drug-likeness (QED) is 0.841. The van der Waals surface area contributed by atoms with E-state index >= 15 is 0 Å². The van der Waals surface area contributed by atoms with Crippen molar-refractivity contribution in [3.05, 3.63) is 0 Å². The van der Waals surface area contributed by atoms with Crippen LogP contribution in [0.2, 0.25) is 0 Å². The van der Waals surface area contributed by atoms with Crippen molar-refractivity contribution >= 4 is 11.8 Å². The summed E-state index contributed by atoms with van der Waals surface area (Å²) in [4.78, 5) is 26.3. The minimum atomic E-state index is -0.384. The van der Waals surface area contributed by atoms with Gasteiger partial charge in [0.15, 0.2) is 0 Å². The minimum Gasteiger partial charge on any atom is -0.371 e. The molecule has 2 saturated heterocycles. The number of rotatable bonds is 3. The van der Waals surface area contributed by atoms with Crippen LogP contribution in [0.25, 0.3) is 0 Å². The molecule has 2 amide bonds. The van der Waals surface area contributed by atoms with E-state index in [0.29, 0.717) is 12.5 Å². The van der Waals surface area contributed by atoms with E-state index in [0.717, 1.165) is 25.7 Å². The van der Waals surface area contributed by atoms with Crippen molar-refractivity contribution in [1.82, 2.24) is 10.2 Å². The highest BCUT2D eigenvalue weighted by Gasteiger charge is 2.46. The zero-order valence-corrected chi connectivity index (χ0v) is 12.5. The molecule has 0 aromatic carbocycles. The van der Waals surface area contributed by atoms with Gasteiger partial charge in [0.05, 0.1) is 11.7 Å². The number of piperazine rings is 1. The summed E-state index contributed by atoms with van der Waals surface area (Å²) in [5.74, 6) is 0.397. The fourth-order valence-corrected chi connectivity index (χ4v) is 3.27. The smallest absolute Gasteiger partial charge is 0.246 e. The maximum atomic E-state index is 12.6. The molecule has 3 rings (SSSR count). The normalized spacial score (nSPS) is 37.1. The lowest BCUT2D eigenvalue weighted by atomic mass is 10.0. The second-order valence-corrected chi connectivity index (χ2v) is 7.03. The molecule has 3 aliphatic rings. The predicted octanol–water partition coefficient (Wildman–Crippen LogP) is 1.07. The topological polar surface area (TPSA) is 58.6 Å². The van der Waals surface area contributed by atoms with Crippen molar-refractivity contribution in [3.8, 4) is 0 Å². The van der Waals surface area contributed by atoms with E-state index < -0.39 is 0 Å². The maximum absolute atomic E-state index is 12.6. The number of amides is 2. The van der Waals surface area contributed by atoms with Crippen LogP contribution in [-0.2, 0) is 14.3 Å².